The van der Waals surface area contributed by atoms with Crippen LogP contribution in [0.5, 0.6) is 5.75 Å². The van der Waals surface area contributed by atoms with Crippen LogP contribution in [0.1, 0.15) is 16.1 Å². The van der Waals surface area contributed by atoms with E-state index in [4.69, 9.17) is 0 Å². The summed E-state index contributed by atoms with van der Waals surface area (Å²) in [6.07, 6.45) is 0.934. The highest BCUT2D eigenvalue weighted by atomic mass is 32.1. The lowest BCUT2D eigenvalue weighted by Crippen LogP contribution is -2.30. The Balaban J connectivity index is 2.02. The predicted octanol–water partition coefficient (Wildman–Crippen LogP) is 2.03. The lowest BCUT2D eigenvalue weighted by Gasteiger charge is -2.16. The van der Waals surface area contributed by atoms with Crippen molar-refractivity contribution >= 4 is 17.2 Å². The number of halogens is 2. The molecule has 1 unspecified atom stereocenters. The monoisotopic (exact) mass is 290 g/mol. The fourth-order valence-corrected chi connectivity index (χ4v) is 3.05. The van der Waals surface area contributed by atoms with Crippen LogP contribution in [-0.4, -0.2) is 44.1 Å². The van der Waals surface area contributed by atoms with Crippen LogP contribution in [0.15, 0.2) is 11.4 Å². The molecule has 1 N–H and O–H groups in total. The summed E-state index contributed by atoms with van der Waals surface area (Å²) < 4.78 is 28.8. The summed E-state index contributed by atoms with van der Waals surface area (Å²) in [5.41, 5.74) is 0. The zero-order valence-electron chi connectivity index (χ0n) is 10.6. The van der Waals surface area contributed by atoms with E-state index >= 15 is 0 Å². The molecule has 1 aromatic rings. The van der Waals surface area contributed by atoms with Crippen LogP contribution in [0.4, 0.5) is 8.78 Å². The van der Waals surface area contributed by atoms with Gasteiger partial charge in [-0.25, -0.2) is 0 Å². The van der Waals surface area contributed by atoms with Gasteiger partial charge in [0.2, 0.25) is 0 Å². The van der Waals surface area contributed by atoms with Crippen molar-refractivity contribution in [3.05, 3.63) is 16.3 Å². The third kappa shape index (κ3) is 3.42. The van der Waals surface area contributed by atoms with Gasteiger partial charge in [0.1, 0.15) is 10.6 Å². The molecule has 19 heavy (non-hydrogen) atoms. The van der Waals surface area contributed by atoms with Crippen molar-refractivity contribution in [3.8, 4) is 5.75 Å². The Morgan fingerprint density at radius 3 is 3.16 bits per heavy atom. The molecule has 0 aliphatic carbocycles. The van der Waals surface area contributed by atoms with Gasteiger partial charge in [0.25, 0.3) is 5.91 Å². The highest BCUT2D eigenvalue weighted by molar-refractivity contribution is 7.12. The highest BCUT2D eigenvalue weighted by Gasteiger charge is 2.29. The number of thiophene rings is 1. The quantitative estimate of drug-likeness (QED) is 0.902. The molecule has 1 saturated heterocycles. The third-order valence-electron chi connectivity index (χ3n) is 3.11. The topological polar surface area (TPSA) is 41.6 Å². The SMILES string of the molecule is CNCC1CCN(C(=O)c2sccc2OC(F)F)C1. The molecule has 0 saturated carbocycles. The van der Waals surface area contributed by atoms with E-state index in [1.165, 1.54) is 6.07 Å². The Bertz CT molecular complexity index is 439. The van der Waals surface area contributed by atoms with Crippen molar-refractivity contribution < 1.29 is 18.3 Å². The van der Waals surface area contributed by atoms with E-state index in [2.05, 4.69) is 10.1 Å². The number of ether oxygens (including phenoxy) is 1. The van der Waals surface area contributed by atoms with Gasteiger partial charge >= 0.3 is 6.61 Å². The summed E-state index contributed by atoms with van der Waals surface area (Å²) in [4.78, 5) is 14.2. The minimum absolute atomic E-state index is 0.0259. The van der Waals surface area contributed by atoms with Crippen molar-refractivity contribution in [2.45, 2.75) is 13.0 Å². The zero-order valence-corrected chi connectivity index (χ0v) is 11.4. The second-order valence-corrected chi connectivity index (χ2v) is 5.37. The third-order valence-corrected chi connectivity index (χ3v) is 3.99. The Labute approximate surface area is 114 Å². The minimum Gasteiger partial charge on any atom is -0.433 e. The van der Waals surface area contributed by atoms with E-state index in [9.17, 15) is 13.6 Å². The van der Waals surface area contributed by atoms with Gasteiger partial charge in [0.05, 0.1) is 0 Å². The minimum atomic E-state index is -2.91. The molecule has 1 aromatic heterocycles. The van der Waals surface area contributed by atoms with Gasteiger partial charge in [0, 0.05) is 13.1 Å². The molecule has 106 valence electrons. The molecule has 0 spiro atoms. The van der Waals surface area contributed by atoms with E-state index < -0.39 is 6.61 Å². The average molecular weight is 290 g/mol. The van der Waals surface area contributed by atoms with Gasteiger partial charge in [0.15, 0.2) is 0 Å². The Kier molecular flexibility index (Phi) is 4.71. The maximum Gasteiger partial charge on any atom is 0.387 e. The lowest BCUT2D eigenvalue weighted by atomic mass is 10.1. The number of hydrogen-bond acceptors (Lipinski definition) is 4. The zero-order chi connectivity index (χ0) is 13.8. The Hall–Kier alpha value is -1.21. The van der Waals surface area contributed by atoms with Crippen LogP contribution in [0.25, 0.3) is 0 Å². The number of nitrogens with one attached hydrogen (secondary N) is 1. The average Bonchev–Trinajstić information content (AvgIpc) is 2.97. The van der Waals surface area contributed by atoms with Gasteiger partial charge in [-0.3, -0.25) is 4.79 Å². The van der Waals surface area contributed by atoms with Crippen molar-refractivity contribution in [2.75, 3.05) is 26.7 Å². The van der Waals surface area contributed by atoms with Crippen LogP contribution in [-0.2, 0) is 0 Å². The summed E-state index contributed by atoms with van der Waals surface area (Å²) in [6, 6.07) is 1.41. The maximum absolute atomic E-state index is 12.3. The molecule has 2 heterocycles. The molecule has 0 bridgehead atoms. The van der Waals surface area contributed by atoms with Crippen molar-refractivity contribution in [3.63, 3.8) is 0 Å². The lowest BCUT2D eigenvalue weighted by molar-refractivity contribution is -0.0499. The van der Waals surface area contributed by atoms with Crippen molar-refractivity contribution in [2.24, 2.45) is 5.92 Å². The Morgan fingerprint density at radius 2 is 2.47 bits per heavy atom. The van der Waals surface area contributed by atoms with Crippen LogP contribution in [0, 0.1) is 5.92 Å². The van der Waals surface area contributed by atoms with Crippen LogP contribution in [0.3, 0.4) is 0 Å². The first-order chi connectivity index (χ1) is 9.11. The normalized spacial score (nSPS) is 19.2. The number of hydrogen-bond donors (Lipinski definition) is 1. The Morgan fingerprint density at radius 1 is 1.68 bits per heavy atom. The first kappa shape index (κ1) is 14.2. The van der Waals surface area contributed by atoms with E-state index in [1.807, 2.05) is 7.05 Å². The molecule has 4 nitrogen and oxygen atoms in total. The number of rotatable bonds is 5. The van der Waals surface area contributed by atoms with Gasteiger partial charge in [-0.2, -0.15) is 8.78 Å². The van der Waals surface area contributed by atoms with E-state index in [0.717, 1.165) is 24.3 Å². The second-order valence-electron chi connectivity index (χ2n) is 4.46. The molecule has 7 heteroatoms. The second kappa shape index (κ2) is 6.29. The van der Waals surface area contributed by atoms with Crippen LogP contribution in [0.2, 0.25) is 0 Å². The number of carbonyl (C=O) groups is 1. The smallest absolute Gasteiger partial charge is 0.387 e. The first-order valence-corrected chi connectivity index (χ1v) is 6.96. The molecular weight excluding hydrogens is 274 g/mol. The first-order valence-electron chi connectivity index (χ1n) is 6.08. The highest BCUT2D eigenvalue weighted by Crippen LogP contribution is 2.29. The van der Waals surface area contributed by atoms with Crippen molar-refractivity contribution in [1.82, 2.24) is 10.2 Å². The fourth-order valence-electron chi connectivity index (χ4n) is 2.26. The maximum atomic E-state index is 12.3. The largest absolute Gasteiger partial charge is 0.433 e. The molecule has 1 fully saturated rings. The molecular formula is C12H16F2N2O2S. The molecule has 1 aliphatic heterocycles. The molecule has 1 amide bonds. The van der Waals surface area contributed by atoms with E-state index in [0.29, 0.717) is 19.0 Å². The number of amides is 1. The molecule has 2 rings (SSSR count). The van der Waals surface area contributed by atoms with Gasteiger partial charge in [-0.1, -0.05) is 0 Å². The molecule has 1 atom stereocenters. The fraction of sp³-hybridized carbons (Fsp3) is 0.583. The summed E-state index contributed by atoms with van der Waals surface area (Å²) in [6.45, 7) is -0.728. The van der Waals surface area contributed by atoms with E-state index in [-0.39, 0.29) is 16.5 Å². The van der Waals surface area contributed by atoms with Crippen molar-refractivity contribution in [1.29, 1.82) is 0 Å². The molecule has 1 aliphatic rings. The van der Waals surface area contributed by atoms with Gasteiger partial charge in [-0.15, -0.1) is 11.3 Å². The predicted molar refractivity (Wildman–Crippen MR) is 68.9 cm³/mol. The number of alkyl halides is 2. The van der Waals surface area contributed by atoms with Crippen LogP contribution < -0.4 is 10.1 Å². The summed E-state index contributed by atoms with van der Waals surface area (Å²) in [5, 5.41) is 4.67. The van der Waals surface area contributed by atoms with Crippen LogP contribution >= 0.6 is 11.3 Å². The summed E-state index contributed by atoms with van der Waals surface area (Å²) in [5.74, 6) is 0.180. The summed E-state index contributed by atoms with van der Waals surface area (Å²) in [7, 11) is 1.87. The van der Waals surface area contributed by atoms with E-state index in [1.54, 1.807) is 10.3 Å². The summed E-state index contributed by atoms with van der Waals surface area (Å²) >= 11 is 1.14. The number of nitrogens with zero attached hydrogens (tertiary/aromatic N) is 1. The number of likely N-dealkylation sites (tertiary alicyclic amines) is 1. The van der Waals surface area contributed by atoms with Gasteiger partial charge < -0.3 is 15.0 Å². The number of carbonyl (C=O) groups excluding carboxylic acids is 1. The standard InChI is InChI=1S/C12H16F2N2O2S/c1-15-6-8-2-4-16(7-8)11(17)10-9(3-5-19-10)18-12(13)14/h3,5,8,12,15H,2,4,6-7H2,1H3. The molecule has 0 aromatic carbocycles. The molecule has 0 radical (unpaired) electrons. The van der Waals surface area contributed by atoms with Gasteiger partial charge in [-0.05, 0) is 37.4 Å².